The Bertz CT molecular complexity index is 679. The molecule has 1 aromatic heterocycles. The Morgan fingerprint density at radius 2 is 1.48 bits per heavy atom. The SMILES string of the molecule is CC(C)(C)OC1CC1.CC(C)c1ccccc1.CCC(C)OC(C)(C)C.CCn1cccn1. The second kappa shape index (κ2) is 16.1. The lowest BCUT2D eigenvalue weighted by molar-refractivity contribution is -0.0521. The van der Waals surface area contributed by atoms with Gasteiger partial charge in [-0.05, 0) is 92.2 Å². The van der Waals surface area contributed by atoms with Gasteiger partial charge in [0.05, 0.1) is 23.4 Å². The molecule has 1 fully saturated rings. The summed E-state index contributed by atoms with van der Waals surface area (Å²) in [6.45, 7) is 24.2. The molecule has 1 saturated carbocycles. The Labute approximate surface area is 205 Å². The van der Waals surface area contributed by atoms with Crippen molar-refractivity contribution in [1.82, 2.24) is 9.78 Å². The summed E-state index contributed by atoms with van der Waals surface area (Å²) in [6.07, 6.45) is 8.36. The van der Waals surface area contributed by atoms with Gasteiger partial charge in [-0.3, -0.25) is 4.68 Å². The van der Waals surface area contributed by atoms with Crippen LogP contribution in [0.5, 0.6) is 0 Å². The highest BCUT2D eigenvalue weighted by Crippen LogP contribution is 2.28. The summed E-state index contributed by atoms with van der Waals surface area (Å²) in [5.41, 5.74) is 1.52. The molecule has 1 unspecified atom stereocenters. The first-order valence-corrected chi connectivity index (χ1v) is 12.6. The van der Waals surface area contributed by atoms with E-state index in [9.17, 15) is 0 Å². The molecule has 2 aromatic rings. The number of hydrogen-bond donors (Lipinski definition) is 0. The summed E-state index contributed by atoms with van der Waals surface area (Å²) in [4.78, 5) is 0. The molecule has 1 aliphatic rings. The van der Waals surface area contributed by atoms with Crippen LogP contribution in [0.4, 0.5) is 0 Å². The van der Waals surface area contributed by atoms with E-state index in [0.29, 0.717) is 18.1 Å². The van der Waals surface area contributed by atoms with Crippen LogP contribution in [0, 0.1) is 0 Å². The Balaban J connectivity index is 0.000000415. The highest BCUT2D eigenvalue weighted by atomic mass is 16.5. The van der Waals surface area contributed by atoms with Crippen LogP contribution in [0.2, 0.25) is 0 Å². The molecule has 0 saturated heterocycles. The van der Waals surface area contributed by atoms with E-state index in [2.05, 4.69) is 106 Å². The summed E-state index contributed by atoms with van der Waals surface area (Å²) in [5, 5.41) is 3.95. The predicted octanol–water partition coefficient (Wildman–Crippen LogP) is 8.28. The fourth-order valence-electron chi connectivity index (χ4n) is 2.70. The first kappa shape index (κ1) is 31.4. The molecule has 1 atom stereocenters. The summed E-state index contributed by atoms with van der Waals surface area (Å²) in [5.74, 6) is 0.659. The smallest absolute Gasteiger partial charge is 0.0602 e. The van der Waals surface area contributed by atoms with Crippen molar-refractivity contribution in [2.75, 3.05) is 0 Å². The number of ether oxygens (including phenoxy) is 2. The van der Waals surface area contributed by atoms with Gasteiger partial charge in [0, 0.05) is 18.9 Å². The van der Waals surface area contributed by atoms with Crippen LogP contribution in [-0.4, -0.2) is 33.2 Å². The van der Waals surface area contributed by atoms with Crippen molar-refractivity contribution in [3.8, 4) is 0 Å². The number of nitrogens with zero attached hydrogens (tertiary/aromatic N) is 2. The van der Waals surface area contributed by atoms with E-state index in [-0.39, 0.29) is 11.2 Å². The summed E-state index contributed by atoms with van der Waals surface area (Å²) >= 11 is 0. The van der Waals surface area contributed by atoms with E-state index in [0.717, 1.165) is 13.0 Å². The van der Waals surface area contributed by atoms with E-state index < -0.39 is 0 Å². The molecule has 1 aliphatic carbocycles. The number of benzene rings is 1. The molecular weight excluding hydrogens is 408 g/mol. The maximum Gasteiger partial charge on any atom is 0.0602 e. The standard InChI is InChI=1S/C9H12.C8H18O.C7H14O.C5H8N2/c1-8(2)9-6-4-3-5-7-9;1-6-7(2)9-8(3,4)5;1-7(2,3)8-6-4-5-6;1-2-7-5-3-4-6-7/h3-8H,1-2H3;7H,6H2,1-5H3;6H,4-5H2,1-3H3;3-5H,2H2,1H3. The van der Waals surface area contributed by atoms with Gasteiger partial charge in [-0.25, -0.2) is 0 Å². The Kier molecular flexibility index (Phi) is 15.3. The van der Waals surface area contributed by atoms with Gasteiger partial charge in [-0.15, -0.1) is 0 Å². The molecular formula is C29H52N2O2. The molecule has 3 rings (SSSR count). The first-order chi connectivity index (χ1) is 15.3. The van der Waals surface area contributed by atoms with E-state index in [1.54, 1.807) is 6.20 Å². The molecule has 1 heterocycles. The molecule has 0 spiro atoms. The zero-order chi connectivity index (χ0) is 25.5. The Morgan fingerprint density at radius 3 is 1.70 bits per heavy atom. The van der Waals surface area contributed by atoms with Crippen LogP contribution in [0.3, 0.4) is 0 Å². The van der Waals surface area contributed by atoms with Crippen LogP contribution in [-0.2, 0) is 16.0 Å². The molecule has 33 heavy (non-hydrogen) atoms. The molecule has 4 heteroatoms. The van der Waals surface area contributed by atoms with E-state index in [1.165, 1.54) is 18.4 Å². The number of hydrogen-bond acceptors (Lipinski definition) is 3. The number of aromatic nitrogens is 2. The average molecular weight is 461 g/mol. The monoisotopic (exact) mass is 460 g/mol. The van der Waals surface area contributed by atoms with Crippen molar-refractivity contribution >= 4 is 0 Å². The molecule has 4 nitrogen and oxygen atoms in total. The highest BCUT2D eigenvalue weighted by Gasteiger charge is 2.27. The second-order valence-electron chi connectivity index (χ2n) is 10.8. The average Bonchev–Trinajstić information content (AvgIpc) is 3.35. The van der Waals surface area contributed by atoms with Crippen molar-refractivity contribution in [3.63, 3.8) is 0 Å². The minimum absolute atomic E-state index is 0.0232. The van der Waals surface area contributed by atoms with E-state index in [4.69, 9.17) is 9.47 Å². The van der Waals surface area contributed by atoms with Gasteiger partial charge < -0.3 is 9.47 Å². The summed E-state index contributed by atoms with van der Waals surface area (Å²) in [6, 6.07) is 12.4. The van der Waals surface area contributed by atoms with Crippen LogP contribution in [0.1, 0.15) is 107 Å². The number of rotatable bonds is 5. The van der Waals surface area contributed by atoms with Crippen LogP contribution in [0.15, 0.2) is 48.8 Å². The van der Waals surface area contributed by atoms with E-state index in [1.807, 2.05) is 23.0 Å². The van der Waals surface area contributed by atoms with Gasteiger partial charge in [0.15, 0.2) is 0 Å². The quantitative estimate of drug-likeness (QED) is 0.450. The third kappa shape index (κ3) is 20.7. The molecule has 1 aromatic carbocycles. The lowest BCUT2D eigenvalue weighted by Crippen LogP contribution is -2.24. The summed E-state index contributed by atoms with van der Waals surface area (Å²) in [7, 11) is 0. The van der Waals surface area contributed by atoms with Gasteiger partial charge in [0.2, 0.25) is 0 Å². The maximum atomic E-state index is 5.59. The Hall–Kier alpha value is -1.65. The molecule has 0 aliphatic heterocycles. The second-order valence-corrected chi connectivity index (χ2v) is 10.8. The lowest BCUT2D eigenvalue weighted by atomic mass is 10.0. The van der Waals surface area contributed by atoms with Crippen molar-refractivity contribution in [3.05, 3.63) is 54.4 Å². The lowest BCUT2D eigenvalue weighted by Gasteiger charge is -2.23. The molecule has 190 valence electrons. The van der Waals surface area contributed by atoms with Crippen molar-refractivity contribution in [1.29, 1.82) is 0 Å². The minimum atomic E-state index is 0.0232. The van der Waals surface area contributed by atoms with Crippen molar-refractivity contribution in [2.24, 2.45) is 0 Å². The van der Waals surface area contributed by atoms with Crippen molar-refractivity contribution < 1.29 is 9.47 Å². The van der Waals surface area contributed by atoms with Gasteiger partial charge in [0.1, 0.15) is 0 Å². The fraction of sp³-hybridized carbons (Fsp3) is 0.690. The van der Waals surface area contributed by atoms with Crippen molar-refractivity contribution in [2.45, 2.75) is 131 Å². The van der Waals surface area contributed by atoms with Crippen LogP contribution in [0.25, 0.3) is 0 Å². The third-order valence-corrected chi connectivity index (χ3v) is 4.52. The number of aryl methyl sites for hydroxylation is 1. The zero-order valence-corrected chi connectivity index (χ0v) is 23.4. The highest BCUT2D eigenvalue weighted by molar-refractivity contribution is 5.17. The van der Waals surface area contributed by atoms with Crippen LogP contribution >= 0.6 is 0 Å². The topological polar surface area (TPSA) is 36.3 Å². The third-order valence-electron chi connectivity index (χ3n) is 4.52. The largest absolute Gasteiger partial charge is 0.373 e. The predicted molar refractivity (Wildman–Crippen MR) is 143 cm³/mol. The molecule has 0 N–H and O–H groups in total. The minimum Gasteiger partial charge on any atom is -0.373 e. The van der Waals surface area contributed by atoms with Gasteiger partial charge in [-0.2, -0.15) is 5.10 Å². The van der Waals surface area contributed by atoms with Gasteiger partial charge >= 0.3 is 0 Å². The normalized spacial score (nSPS) is 14.2. The van der Waals surface area contributed by atoms with Gasteiger partial charge in [0.25, 0.3) is 0 Å². The van der Waals surface area contributed by atoms with Gasteiger partial charge in [-0.1, -0.05) is 51.1 Å². The fourth-order valence-corrected chi connectivity index (χ4v) is 2.70. The first-order valence-electron chi connectivity index (χ1n) is 12.6. The van der Waals surface area contributed by atoms with E-state index >= 15 is 0 Å². The molecule has 0 bridgehead atoms. The van der Waals surface area contributed by atoms with Crippen LogP contribution < -0.4 is 0 Å². The Morgan fingerprint density at radius 1 is 0.909 bits per heavy atom. The molecule has 0 radical (unpaired) electrons. The molecule has 0 amide bonds. The maximum absolute atomic E-state index is 5.59. The zero-order valence-electron chi connectivity index (χ0n) is 23.4. The summed E-state index contributed by atoms with van der Waals surface area (Å²) < 4.78 is 13.0.